The Balaban J connectivity index is 2.20. The highest BCUT2D eigenvalue weighted by Gasteiger charge is 2.31. The number of anilines is 1. The molecule has 2 rings (SSSR count). The fourth-order valence-electron chi connectivity index (χ4n) is 1.57. The van der Waals surface area contributed by atoms with Gasteiger partial charge in [-0.15, -0.1) is 0 Å². The average Bonchev–Trinajstić information content (AvgIpc) is 2.40. The van der Waals surface area contributed by atoms with Gasteiger partial charge in [-0.25, -0.2) is 4.98 Å². The maximum absolute atomic E-state index is 12.5. The molecule has 0 saturated heterocycles. The quantitative estimate of drug-likeness (QED) is 0.897. The SMILES string of the molecule is Cc1ccc(C(=O)Nc2ncc(C(F)(F)F)cc2Cl)cc1. The first-order valence-electron chi connectivity index (χ1n) is 5.88. The maximum Gasteiger partial charge on any atom is 0.417 e. The van der Waals surface area contributed by atoms with E-state index in [4.69, 9.17) is 11.6 Å². The summed E-state index contributed by atoms with van der Waals surface area (Å²) in [6.07, 6.45) is -3.91. The van der Waals surface area contributed by atoms with Crippen LogP contribution in [-0.2, 0) is 6.18 Å². The van der Waals surface area contributed by atoms with Crippen molar-refractivity contribution in [1.29, 1.82) is 0 Å². The van der Waals surface area contributed by atoms with Crippen molar-refractivity contribution in [2.75, 3.05) is 5.32 Å². The number of hydrogen-bond donors (Lipinski definition) is 1. The van der Waals surface area contributed by atoms with Gasteiger partial charge in [0.15, 0.2) is 5.82 Å². The van der Waals surface area contributed by atoms with Crippen molar-refractivity contribution in [3.05, 3.63) is 58.2 Å². The summed E-state index contributed by atoms with van der Waals surface area (Å²) >= 11 is 5.71. The molecule has 0 fully saturated rings. The van der Waals surface area contributed by atoms with Crippen molar-refractivity contribution in [2.24, 2.45) is 0 Å². The lowest BCUT2D eigenvalue weighted by Crippen LogP contribution is -2.14. The largest absolute Gasteiger partial charge is 0.417 e. The number of rotatable bonds is 2. The van der Waals surface area contributed by atoms with Crippen LogP contribution in [0.2, 0.25) is 5.02 Å². The van der Waals surface area contributed by atoms with Gasteiger partial charge in [0.2, 0.25) is 0 Å². The molecule has 1 aromatic carbocycles. The standard InChI is InChI=1S/C14H10ClF3N2O/c1-8-2-4-9(5-3-8)13(21)20-12-11(15)6-10(7-19-12)14(16,17)18/h2-7H,1H3,(H,19,20,21). The molecule has 21 heavy (non-hydrogen) atoms. The van der Waals surface area contributed by atoms with E-state index in [-0.39, 0.29) is 10.8 Å². The highest BCUT2D eigenvalue weighted by atomic mass is 35.5. The van der Waals surface area contributed by atoms with Crippen molar-refractivity contribution < 1.29 is 18.0 Å². The number of nitrogens with one attached hydrogen (secondary N) is 1. The second-order valence-corrected chi connectivity index (χ2v) is 4.78. The first kappa shape index (κ1) is 15.3. The van der Waals surface area contributed by atoms with E-state index in [1.54, 1.807) is 24.3 Å². The molecule has 1 N–H and O–H groups in total. The van der Waals surface area contributed by atoms with Gasteiger partial charge in [-0.3, -0.25) is 4.79 Å². The molecule has 1 heterocycles. The van der Waals surface area contributed by atoms with Gasteiger partial charge in [0.05, 0.1) is 10.6 Å². The van der Waals surface area contributed by atoms with Crippen molar-refractivity contribution in [2.45, 2.75) is 13.1 Å². The first-order valence-corrected chi connectivity index (χ1v) is 6.26. The van der Waals surface area contributed by atoms with Gasteiger partial charge in [0, 0.05) is 11.8 Å². The molecule has 0 aliphatic heterocycles. The Kier molecular flexibility index (Phi) is 4.18. The second-order valence-electron chi connectivity index (χ2n) is 4.37. The lowest BCUT2D eigenvalue weighted by atomic mass is 10.1. The van der Waals surface area contributed by atoms with Gasteiger partial charge >= 0.3 is 6.18 Å². The third-order valence-electron chi connectivity index (χ3n) is 2.71. The van der Waals surface area contributed by atoms with Crippen molar-refractivity contribution in [3.63, 3.8) is 0 Å². The smallest absolute Gasteiger partial charge is 0.305 e. The second kappa shape index (κ2) is 5.73. The van der Waals surface area contributed by atoms with E-state index in [0.717, 1.165) is 11.6 Å². The van der Waals surface area contributed by atoms with Crippen molar-refractivity contribution in [3.8, 4) is 0 Å². The number of halogens is 4. The minimum Gasteiger partial charge on any atom is -0.305 e. The van der Waals surface area contributed by atoms with Gasteiger partial charge in [-0.05, 0) is 25.1 Å². The summed E-state index contributed by atoms with van der Waals surface area (Å²) in [6, 6.07) is 7.41. The van der Waals surface area contributed by atoms with E-state index in [0.29, 0.717) is 11.8 Å². The summed E-state index contributed by atoms with van der Waals surface area (Å²) in [6.45, 7) is 1.87. The highest BCUT2D eigenvalue weighted by Crippen LogP contribution is 2.32. The zero-order valence-electron chi connectivity index (χ0n) is 10.8. The Morgan fingerprint density at radius 1 is 1.24 bits per heavy atom. The summed E-state index contributed by atoms with van der Waals surface area (Å²) in [4.78, 5) is 15.5. The highest BCUT2D eigenvalue weighted by molar-refractivity contribution is 6.33. The number of alkyl halides is 3. The molecule has 7 heteroatoms. The molecule has 0 spiro atoms. The molecule has 0 bridgehead atoms. The summed E-state index contributed by atoms with van der Waals surface area (Å²) in [5, 5.41) is 2.10. The fourth-order valence-corrected chi connectivity index (χ4v) is 1.78. The molecule has 0 unspecified atom stereocenters. The molecule has 0 saturated carbocycles. The van der Waals surface area contributed by atoms with Crippen molar-refractivity contribution in [1.82, 2.24) is 4.98 Å². The Morgan fingerprint density at radius 3 is 2.38 bits per heavy atom. The predicted molar refractivity (Wildman–Crippen MR) is 73.4 cm³/mol. The van der Waals surface area contributed by atoms with Crippen LogP contribution in [0.4, 0.5) is 19.0 Å². The molecular weight excluding hydrogens is 305 g/mol. The van der Waals surface area contributed by atoms with E-state index >= 15 is 0 Å². The van der Waals surface area contributed by atoms with Gasteiger partial charge in [-0.1, -0.05) is 29.3 Å². The van der Waals surface area contributed by atoms with Crippen LogP contribution in [0.5, 0.6) is 0 Å². The first-order chi connectivity index (χ1) is 9.77. The van der Waals surface area contributed by atoms with E-state index in [1.165, 1.54) is 0 Å². The third-order valence-corrected chi connectivity index (χ3v) is 3.00. The minimum absolute atomic E-state index is 0.116. The monoisotopic (exact) mass is 314 g/mol. The predicted octanol–water partition coefficient (Wildman–Crippen LogP) is 4.31. The lowest BCUT2D eigenvalue weighted by Gasteiger charge is -2.10. The van der Waals surface area contributed by atoms with Gasteiger partial charge in [0.1, 0.15) is 0 Å². The molecule has 2 aromatic rings. The Morgan fingerprint density at radius 2 is 1.86 bits per heavy atom. The van der Waals surface area contributed by atoms with E-state index < -0.39 is 17.6 Å². The summed E-state index contributed by atoms with van der Waals surface area (Å²) < 4.78 is 37.4. The number of amides is 1. The van der Waals surface area contributed by atoms with Gasteiger partial charge in [0.25, 0.3) is 5.91 Å². The number of carbonyl (C=O) groups is 1. The summed E-state index contributed by atoms with van der Waals surface area (Å²) in [7, 11) is 0. The zero-order valence-corrected chi connectivity index (χ0v) is 11.6. The Labute approximate surface area is 123 Å². The third kappa shape index (κ3) is 3.72. The average molecular weight is 315 g/mol. The topological polar surface area (TPSA) is 42.0 Å². The molecule has 0 aliphatic carbocycles. The maximum atomic E-state index is 12.5. The van der Waals surface area contributed by atoms with Crippen LogP contribution < -0.4 is 5.32 Å². The number of hydrogen-bond acceptors (Lipinski definition) is 2. The molecule has 1 amide bonds. The molecule has 0 aliphatic rings. The number of aromatic nitrogens is 1. The van der Waals surface area contributed by atoms with Crippen LogP contribution >= 0.6 is 11.6 Å². The summed E-state index contributed by atoms with van der Waals surface area (Å²) in [5.74, 6) is -0.612. The number of carbonyl (C=O) groups excluding carboxylic acids is 1. The van der Waals surface area contributed by atoms with E-state index in [1.807, 2.05) is 6.92 Å². The molecule has 3 nitrogen and oxygen atoms in total. The van der Waals surface area contributed by atoms with Crippen LogP contribution in [0.25, 0.3) is 0 Å². The van der Waals surface area contributed by atoms with Crippen LogP contribution in [0.1, 0.15) is 21.5 Å². The van der Waals surface area contributed by atoms with Crippen molar-refractivity contribution >= 4 is 23.3 Å². The van der Waals surface area contributed by atoms with E-state index in [2.05, 4.69) is 10.3 Å². The van der Waals surface area contributed by atoms with E-state index in [9.17, 15) is 18.0 Å². The summed E-state index contributed by atoms with van der Waals surface area (Å²) in [5.41, 5.74) is 0.372. The fraction of sp³-hybridized carbons (Fsp3) is 0.143. The lowest BCUT2D eigenvalue weighted by molar-refractivity contribution is -0.137. The minimum atomic E-state index is -4.53. The van der Waals surface area contributed by atoms with Crippen LogP contribution in [0.3, 0.4) is 0 Å². The number of nitrogens with zero attached hydrogens (tertiary/aromatic N) is 1. The Bertz CT molecular complexity index is 669. The normalized spacial score (nSPS) is 11.3. The molecule has 110 valence electrons. The number of aryl methyl sites for hydroxylation is 1. The van der Waals surface area contributed by atoms with Gasteiger partial charge in [-0.2, -0.15) is 13.2 Å². The van der Waals surface area contributed by atoms with Gasteiger partial charge < -0.3 is 5.32 Å². The van der Waals surface area contributed by atoms with Crippen LogP contribution in [-0.4, -0.2) is 10.9 Å². The molecule has 1 aromatic heterocycles. The van der Waals surface area contributed by atoms with Crippen LogP contribution in [0.15, 0.2) is 36.5 Å². The number of pyridine rings is 1. The molecule has 0 atom stereocenters. The molecule has 0 radical (unpaired) electrons. The Hall–Kier alpha value is -2.08. The number of benzene rings is 1. The van der Waals surface area contributed by atoms with Crippen LogP contribution in [0, 0.1) is 6.92 Å². The molecular formula is C14H10ClF3N2O. The zero-order chi connectivity index (χ0) is 15.6.